The second kappa shape index (κ2) is 5.83. The third-order valence-corrected chi connectivity index (χ3v) is 10.5. The van der Waals surface area contributed by atoms with Gasteiger partial charge in [0.05, 0.1) is 12.2 Å². The molecule has 2 aromatic carbocycles. The van der Waals surface area contributed by atoms with Crippen LogP contribution >= 0.6 is 0 Å². The zero-order valence-corrected chi connectivity index (χ0v) is 15.7. The van der Waals surface area contributed by atoms with Crippen LogP contribution in [0.15, 0.2) is 60.7 Å². The van der Waals surface area contributed by atoms with Crippen LogP contribution in [0, 0.1) is 0 Å². The van der Waals surface area contributed by atoms with Crippen LogP contribution in [-0.2, 0) is 9.16 Å². The molecule has 1 aliphatic heterocycles. The Kier molecular flexibility index (Phi) is 3.90. The summed E-state index contributed by atoms with van der Waals surface area (Å²) in [6.07, 6.45) is 3.29. The number of fused-ring (bicyclic) bond motifs is 1. The van der Waals surface area contributed by atoms with Crippen LogP contribution in [0.25, 0.3) is 0 Å². The predicted molar refractivity (Wildman–Crippen MR) is 100 cm³/mol. The molecule has 2 fully saturated rings. The Labute approximate surface area is 145 Å². The van der Waals surface area contributed by atoms with E-state index in [4.69, 9.17) is 9.16 Å². The molecule has 24 heavy (non-hydrogen) atoms. The van der Waals surface area contributed by atoms with Crippen molar-refractivity contribution in [2.45, 2.75) is 57.0 Å². The highest BCUT2D eigenvalue weighted by Gasteiger charge is 2.57. The maximum Gasteiger partial charge on any atom is 0.261 e. The molecular formula is C21H26O2Si. The summed E-state index contributed by atoms with van der Waals surface area (Å²) in [6, 6.07) is 21.8. The molecule has 126 valence electrons. The van der Waals surface area contributed by atoms with Crippen LogP contribution in [0.1, 0.15) is 33.6 Å². The topological polar surface area (TPSA) is 21.8 Å². The maximum atomic E-state index is 7.10. The fourth-order valence-corrected chi connectivity index (χ4v) is 8.97. The van der Waals surface area contributed by atoms with Crippen LogP contribution in [0.4, 0.5) is 0 Å². The van der Waals surface area contributed by atoms with E-state index in [1.165, 1.54) is 10.4 Å². The van der Waals surface area contributed by atoms with Crippen molar-refractivity contribution in [3.05, 3.63) is 60.7 Å². The highest BCUT2D eigenvalue weighted by atomic mass is 28.4. The van der Waals surface area contributed by atoms with Gasteiger partial charge in [0.25, 0.3) is 8.32 Å². The van der Waals surface area contributed by atoms with Gasteiger partial charge in [0.1, 0.15) is 6.10 Å². The van der Waals surface area contributed by atoms with E-state index in [1.54, 1.807) is 0 Å². The number of benzene rings is 2. The van der Waals surface area contributed by atoms with E-state index in [1.807, 2.05) is 0 Å². The Bertz CT molecular complexity index is 653. The van der Waals surface area contributed by atoms with E-state index in [0.717, 1.165) is 12.8 Å². The van der Waals surface area contributed by atoms with Gasteiger partial charge in [-0.05, 0) is 28.3 Å². The molecule has 2 nitrogen and oxygen atoms in total. The van der Waals surface area contributed by atoms with Crippen LogP contribution in [0.3, 0.4) is 0 Å². The fraction of sp³-hybridized carbons (Fsp3) is 0.429. The number of epoxide rings is 1. The monoisotopic (exact) mass is 338 g/mol. The van der Waals surface area contributed by atoms with Gasteiger partial charge in [-0.2, -0.15) is 0 Å². The predicted octanol–water partition coefficient (Wildman–Crippen LogP) is 3.49. The summed E-state index contributed by atoms with van der Waals surface area (Å²) in [4.78, 5) is 0. The third-order valence-electron chi connectivity index (χ3n) is 5.47. The number of ether oxygens (including phenoxy) is 1. The van der Waals surface area contributed by atoms with Gasteiger partial charge >= 0.3 is 0 Å². The minimum Gasteiger partial charge on any atom is -0.402 e. The van der Waals surface area contributed by atoms with Gasteiger partial charge in [-0.1, -0.05) is 81.4 Å². The first-order valence-corrected chi connectivity index (χ1v) is 10.9. The van der Waals surface area contributed by atoms with Crippen LogP contribution < -0.4 is 10.4 Å². The number of rotatable bonds is 4. The van der Waals surface area contributed by atoms with Gasteiger partial charge in [-0.15, -0.1) is 0 Å². The summed E-state index contributed by atoms with van der Waals surface area (Å²) in [5.74, 6) is 0. The first-order chi connectivity index (χ1) is 11.5. The minimum absolute atomic E-state index is 0.0443. The Morgan fingerprint density at radius 1 is 0.875 bits per heavy atom. The second-order valence-electron chi connectivity index (χ2n) is 8.04. The van der Waals surface area contributed by atoms with E-state index in [0.29, 0.717) is 12.2 Å². The summed E-state index contributed by atoms with van der Waals surface area (Å²) in [7, 11) is -2.41. The molecule has 3 atom stereocenters. The molecule has 2 aliphatic rings. The Balaban J connectivity index is 1.85. The quantitative estimate of drug-likeness (QED) is 0.629. The lowest BCUT2D eigenvalue weighted by Gasteiger charge is -2.44. The first-order valence-electron chi connectivity index (χ1n) is 8.97. The minimum atomic E-state index is -2.41. The lowest BCUT2D eigenvalue weighted by Crippen LogP contribution is -2.68. The molecule has 0 unspecified atom stereocenters. The van der Waals surface area contributed by atoms with Gasteiger partial charge in [-0.25, -0.2) is 0 Å². The van der Waals surface area contributed by atoms with E-state index >= 15 is 0 Å². The zero-order valence-electron chi connectivity index (χ0n) is 14.7. The maximum absolute atomic E-state index is 7.10. The van der Waals surface area contributed by atoms with Crippen molar-refractivity contribution in [1.82, 2.24) is 0 Å². The van der Waals surface area contributed by atoms with Gasteiger partial charge in [0.2, 0.25) is 0 Å². The van der Waals surface area contributed by atoms with Crippen molar-refractivity contribution in [2.75, 3.05) is 0 Å². The van der Waals surface area contributed by atoms with Gasteiger partial charge in [0.15, 0.2) is 0 Å². The van der Waals surface area contributed by atoms with E-state index in [2.05, 4.69) is 81.4 Å². The average Bonchev–Trinajstić information content (AvgIpc) is 3.27. The van der Waals surface area contributed by atoms with Crippen LogP contribution in [-0.4, -0.2) is 26.6 Å². The van der Waals surface area contributed by atoms with E-state index in [9.17, 15) is 0 Å². The Hall–Kier alpha value is -1.42. The Morgan fingerprint density at radius 2 is 1.42 bits per heavy atom. The summed E-state index contributed by atoms with van der Waals surface area (Å²) < 4.78 is 12.9. The van der Waals surface area contributed by atoms with E-state index in [-0.39, 0.29) is 11.1 Å². The lowest BCUT2D eigenvalue weighted by molar-refractivity contribution is 0.131. The average molecular weight is 339 g/mol. The van der Waals surface area contributed by atoms with Gasteiger partial charge < -0.3 is 9.16 Å². The van der Waals surface area contributed by atoms with Crippen LogP contribution in [0.5, 0.6) is 0 Å². The summed E-state index contributed by atoms with van der Waals surface area (Å²) in [5.41, 5.74) is 0. The first kappa shape index (κ1) is 16.1. The highest BCUT2D eigenvalue weighted by molar-refractivity contribution is 6.99. The van der Waals surface area contributed by atoms with Crippen molar-refractivity contribution in [2.24, 2.45) is 0 Å². The standard InChI is InChI=1S/C21H26O2Si/c1-21(2,3)24(16-10-6-4-7-11-16,17-12-8-5-9-13-17)23-19-15-14-18-20(19)22-18/h4-13,18-20H,14-15H2,1-3H3/t18-,19+,20-/m0/s1. The molecule has 1 heterocycles. The molecule has 2 aromatic rings. The molecule has 0 radical (unpaired) electrons. The molecule has 1 saturated heterocycles. The SMILES string of the molecule is CC(C)(C)[Si](O[C@@H]1CC[C@@H]2O[C@@H]21)(c1ccccc1)c1ccccc1. The van der Waals surface area contributed by atoms with Gasteiger partial charge in [-0.3, -0.25) is 0 Å². The van der Waals surface area contributed by atoms with Gasteiger partial charge in [0, 0.05) is 0 Å². The molecule has 1 saturated carbocycles. The second-order valence-corrected chi connectivity index (χ2v) is 12.3. The number of hydrogen-bond donors (Lipinski definition) is 0. The van der Waals surface area contributed by atoms with Crippen molar-refractivity contribution >= 4 is 18.7 Å². The molecule has 4 rings (SSSR count). The highest BCUT2D eigenvalue weighted by Crippen LogP contribution is 2.45. The third kappa shape index (κ3) is 2.55. The van der Waals surface area contributed by atoms with E-state index < -0.39 is 8.32 Å². The normalized spacial score (nSPS) is 26.2. The molecule has 0 spiro atoms. The largest absolute Gasteiger partial charge is 0.402 e. The molecule has 0 bridgehead atoms. The van der Waals surface area contributed by atoms with Crippen molar-refractivity contribution in [3.8, 4) is 0 Å². The Morgan fingerprint density at radius 3 is 1.79 bits per heavy atom. The molecule has 3 heteroatoms. The summed E-state index contributed by atoms with van der Waals surface area (Å²) in [6.45, 7) is 7.00. The van der Waals surface area contributed by atoms with Crippen molar-refractivity contribution < 1.29 is 9.16 Å². The molecule has 0 aromatic heterocycles. The summed E-state index contributed by atoms with van der Waals surface area (Å²) >= 11 is 0. The lowest BCUT2D eigenvalue weighted by atomic mass is 10.2. The smallest absolute Gasteiger partial charge is 0.261 e. The number of hydrogen-bond acceptors (Lipinski definition) is 2. The van der Waals surface area contributed by atoms with Crippen LogP contribution in [0.2, 0.25) is 5.04 Å². The molecule has 1 aliphatic carbocycles. The fourth-order valence-electron chi connectivity index (χ4n) is 4.25. The summed E-state index contributed by atoms with van der Waals surface area (Å²) in [5, 5.41) is 2.75. The van der Waals surface area contributed by atoms with Crippen molar-refractivity contribution in [1.29, 1.82) is 0 Å². The zero-order chi connectivity index (χ0) is 16.8. The molecular weight excluding hydrogens is 312 g/mol. The van der Waals surface area contributed by atoms with Crippen molar-refractivity contribution in [3.63, 3.8) is 0 Å². The molecule has 0 N–H and O–H groups in total. The molecule has 0 amide bonds.